The first kappa shape index (κ1) is 19.9. The molecular weight excluding hydrogens is 301 g/mol. The van der Waals surface area contributed by atoms with E-state index in [9.17, 15) is 4.79 Å². The molecular formula is C13H27Cl2N3O2. The van der Waals surface area contributed by atoms with E-state index >= 15 is 0 Å². The number of piperidine rings is 1. The molecule has 2 saturated heterocycles. The van der Waals surface area contributed by atoms with Gasteiger partial charge in [-0.25, -0.2) is 0 Å². The van der Waals surface area contributed by atoms with Gasteiger partial charge in [-0.15, -0.1) is 24.8 Å². The van der Waals surface area contributed by atoms with Crippen LogP contribution in [0.4, 0.5) is 0 Å². The van der Waals surface area contributed by atoms with E-state index < -0.39 is 0 Å². The van der Waals surface area contributed by atoms with E-state index in [1.807, 2.05) is 0 Å². The van der Waals surface area contributed by atoms with Crippen LogP contribution in [0.3, 0.4) is 0 Å². The Bertz CT molecular complexity index is 287. The number of ether oxygens (including phenoxy) is 1. The highest BCUT2D eigenvalue weighted by Gasteiger charge is 2.31. The van der Waals surface area contributed by atoms with Crippen LogP contribution in [0.2, 0.25) is 0 Å². The monoisotopic (exact) mass is 327 g/mol. The molecule has 3 N–H and O–H groups in total. The van der Waals surface area contributed by atoms with Gasteiger partial charge in [-0.2, -0.15) is 0 Å². The van der Waals surface area contributed by atoms with Gasteiger partial charge >= 0.3 is 0 Å². The molecule has 2 aliphatic rings. The third kappa shape index (κ3) is 5.37. The Labute approximate surface area is 133 Å². The van der Waals surface area contributed by atoms with Crippen molar-refractivity contribution in [2.45, 2.75) is 50.9 Å². The van der Waals surface area contributed by atoms with Crippen molar-refractivity contribution in [1.82, 2.24) is 10.2 Å². The number of nitrogens with two attached hydrogens (primary N) is 1. The van der Waals surface area contributed by atoms with Gasteiger partial charge in [0.05, 0.1) is 6.10 Å². The van der Waals surface area contributed by atoms with Gasteiger partial charge in [0, 0.05) is 25.7 Å². The van der Waals surface area contributed by atoms with Gasteiger partial charge in [0.15, 0.2) is 0 Å². The van der Waals surface area contributed by atoms with Crippen LogP contribution in [0.1, 0.15) is 32.6 Å². The Morgan fingerprint density at radius 3 is 2.40 bits per heavy atom. The van der Waals surface area contributed by atoms with Crippen molar-refractivity contribution in [3.63, 3.8) is 0 Å². The number of hydrogen-bond donors (Lipinski definition) is 2. The quantitative estimate of drug-likeness (QED) is 0.806. The summed E-state index contributed by atoms with van der Waals surface area (Å²) < 4.78 is 5.61. The van der Waals surface area contributed by atoms with Gasteiger partial charge in [-0.05, 0) is 32.2 Å². The zero-order valence-electron chi connectivity index (χ0n) is 12.0. The lowest BCUT2D eigenvalue weighted by molar-refractivity contribution is -0.132. The van der Waals surface area contributed by atoms with Crippen molar-refractivity contribution in [3.8, 4) is 0 Å². The molecule has 2 heterocycles. The second-order valence-corrected chi connectivity index (χ2v) is 5.28. The number of carbonyl (C=O) groups is 1. The Kier molecular flexibility index (Phi) is 9.76. The molecule has 2 atom stereocenters. The molecule has 0 aromatic carbocycles. The molecule has 120 valence electrons. The van der Waals surface area contributed by atoms with Crippen LogP contribution in [0.15, 0.2) is 0 Å². The van der Waals surface area contributed by atoms with E-state index in [1.54, 1.807) is 0 Å². The summed E-state index contributed by atoms with van der Waals surface area (Å²) in [6, 6.07) is 0.320. The van der Waals surface area contributed by atoms with Crippen LogP contribution in [0, 0.1) is 0 Å². The van der Waals surface area contributed by atoms with Crippen LogP contribution in [0.25, 0.3) is 0 Å². The van der Waals surface area contributed by atoms with Crippen LogP contribution in [-0.2, 0) is 9.53 Å². The molecule has 20 heavy (non-hydrogen) atoms. The maximum atomic E-state index is 12.0. The van der Waals surface area contributed by atoms with Crippen molar-refractivity contribution in [1.29, 1.82) is 0 Å². The largest absolute Gasteiger partial charge is 0.364 e. The number of amides is 1. The van der Waals surface area contributed by atoms with E-state index in [2.05, 4.69) is 17.1 Å². The van der Waals surface area contributed by atoms with Crippen LogP contribution in [-0.4, -0.2) is 55.2 Å². The second-order valence-electron chi connectivity index (χ2n) is 5.28. The van der Waals surface area contributed by atoms with Gasteiger partial charge in [0.1, 0.15) is 6.10 Å². The molecule has 1 amide bonds. The molecule has 0 aromatic rings. The number of nitrogens with zero attached hydrogens (tertiary/aromatic N) is 1. The third-order valence-corrected chi connectivity index (χ3v) is 4.04. The van der Waals surface area contributed by atoms with E-state index in [0.29, 0.717) is 12.6 Å². The highest BCUT2D eigenvalue weighted by molar-refractivity contribution is 5.85. The average Bonchev–Trinajstić information content (AvgIpc) is 2.88. The molecule has 0 spiro atoms. The zero-order chi connectivity index (χ0) is 13.0. The van der Waals surface area contributed by atoms with E-state index in [4.69, 9.17) is 10.5 Å². The summed E-state index contributed by atoms with van der Waals surface area (Å²) in [6.45, 7) is 5.96. The van der Waals surface area contributed by atoms with E-state index in [0.717, 1.165) is 45.3 Å². The summed E-state index contributed by atoms with van der Waals surface area (Å²) >= 11 is 0. The minimum absolute atomic E-state index is 0. The first-order valence-corrected chi connectivity index (χ1v) is 7.11. The summed E-state index contributed by atoms with van der Waals surface area (Å²) in [5.41, 5.74) is 5.55. The van der Waals surface area contributed by atoms with Crippen molar-refractivity contribution in [3.05, 3.63) is 0 Å². The van der Waals surface area contributed by atoms with Gasteiger partial charge < -0.3 is 20.7 Å². The normalized spacial score (nSPS) is 27.5. The van der Waals surface area contributed by atoms with Crippen LogP contribution >= 0.6 is 24.8 Å². The predicted molar refractivity (Wildman–Crippen MR) is 84.7 cm³/mol. The Morgan fingerprint density at radius 1 is 1.25 bits per heavy atom. The first-order valence-electron chi connectivity index (χ1n) is 7.11. The molecule has 5 nitrogen and oxygen atoms in total. The summed E-state index contributed by atoms with van der Waals surface area (Å²) in [5.74, 6) is 0.0564. The number of rotatable bonds is 4. The molecule has 7 heteroatoms. The minimum Gasteiger partial charge on any atom is -0.364 e. The summed E-state index contributed by atoms with van der Waals surface area (Å²) in [7, 11) is 0. The zero-order valence-corrected chi connectivity index (χ0v) is 13.7. The smallest absolute Gasteiger partial charge is 0.249 e. The van der Waals surface area contributed by atoms with Crippen molar-refractivity contribution in [2.75, 3.05) is 26.2 Å². The topological polar surface area (TPSA) is 67.6 Å². The summed E-state index contributed by atoms with van der Waals surface area (Å²) in [6.07, 6.45) is 3.61. The Morgan fingerprint density at radius 2 is 1.90 bits per heavy atom. The number of likely N-dealkylation sites (tertiary alicyclic amines) is 1. The molecule has 0 aliphatic carbocycles. The standard InChI is InChI=1S/C13H25N3O2.2ClH/c1-2-16-7-5-10(6-8-16)15-13(17)12-4-3-11(9-14)18-12;;/h10-12H,2-9,14H2,1H3,(H,15,17);2*1H/t11-,12+;;/m1../s1. The number of halogens is 2. The lowest BCUT2D eigenvalue weighted by atomic mass is 10.0. The first-order chi connectivity index (χ1) is 8.72. The van der Waals surface area contributed by atoms with E-state index in [-0.39, 0.29) is 42.9 Å². The lowest BCUT2D eigenvalue weighted by Crippen LogP contribution is -2.47. The summed E-state index contributed by atoms with van der Waals surface area (Å²) in [4.78, 5) is 14.5. The highest BCUT2D eigenvalue weighted by Crippen LogP contribution is 2.19. The van der Waals surface area contributed by atoms with Crippen LogP contribution < -0.4 is 11.1 Å². The molecule has 0 radical (unpaired) electrons. The molecule has 0 bridgehead atoms. The second kappa shape index (κ2) is 9.79. The fourth-order valence-corrected chi connectivity index (χ4v) is 2.76. The van der Waals surface area contributed by atoms with Crippen molar-refractivity contribution in [2.24, 2.45) is 5.73 Å². The number of carbonyl (C=O) groups excluding carboxylic acids is 1. The Hall–Kier alpha value is -0.0700. The fourth-order valence-electron chi connectivity index (χ4n) is 2.76. The average molecular weight is 328 g/mol. The molecule has 0 saturated carbocycles. The predicted octanol–water partition coefficient (Wildman–Crippen LogP) is 0.937. The fraction of sp³-hybridized carbons (Fsp3) is 0.923. The molecule has 2 rings (SSSR count). The molecule has 2 aliphatic heterocycles. The molecule has 2 fully saturated rings. The van der Waals surface area contributed by atoms with Crippen molar-refractivity contribution < 1.29 is 9.53 Å². The Balaban J connectivity index is 0.00000180. The van der Waals surface area contributed by atoms with Crippen LogP contribution in [0.5, 0.6) is 0 Å². The lowest BCUT2D eigenvalue weighted by Gasteiger charge is -2.31. The molecule has 0 unspecified atom stereocenters. The van der Waals surface area contributed by atoms with Gasteiger partial charge in [0.2, 0.25) is 5.91 Å². The van der Waals surface area contributed by atoms with Crippen molar-refractivity contribution >= 4 is 30.7 Å². The minimum atomic E-state index is -0.275. The summed E-state index contributed by atoms with van der Waals surface area (Å²) in [5, 5.41) is 3.12. The highest BCUT2D eigenvalue weighted by atomic mass is 35.5. The maximum absolute atomic E-state index is 12.0. The molecule has 0 aromatic heterocycles. The van der Waals surface area contributed by atoms with Gasteiger partial charge in [-0.1, -0.05) is 6.92 Å². The van der Waals surface area contributed by atoms with Gasteiger partial charge in [0.25, 0.3) is 0 Å². The SMILES string of the molecule is CCN1CCC(NC(=O)[C@@H]2CC[C@H](CN)O2)CC1.Cl.Cl. The maximum Gasteiger partial charge on any atom is 0.249 e. The van der Waals surface area contributed by atoms with Gasteiger partial charge in [-0.3, -0.25) is 4.79 Å². The number of hydrogen-bond acceptors (Lipinski definition) is 4. The number of nitrogens with one attached hydrogen (secondary N) is 1. The van der Waals surface area contributed by atoms with E-state index in [1.165, 1.54) is 0 Å². The third-order valence-electron chi connectivity index (χ3n) is 4.04.